The Bertz CT molecular complexity index is 606. The van der Waals surface area contributed by atoms with Gasteiger partial charge in [0, 0.05) is 24.9 Å². The first-order valence-electron chi connectivity index (χ1n) is 7.01. The highest BCUT2D eigenvalue weighted by molar-refractivity contribution is 5.92. The number of Topliss-reactive ketones (excluding diaryl/α,β-unsaturated/α-hetero) is 1. The minimum absolute atomic E-state index is 0.145. The highest BCUT2D eigenvalue weighted by Crippen LogP contribution is 2.36. The van der Waals surface area contributed by atoms with Crippen LogP contribution in [0.3, 0.4) is 0 Å². The van der Waals surface area contributed by atoms with Crippen molar-refractivity contribution in [2.75, 3.05) is 5.12 Å². The van der Waals surface area contributed by atoms with Crippen LogP contribution in [0.2, 0.25) is 0 Å². The summed E-state index contributed by atoms with van der Waals surface area (Å²) in [6.45, 7) is 1.39. The number of nitrogens with zero attached hydrogens (tertiary/aromatic N) is 3. The molecule has 1 aromatic rings. The first-order valence-corrected chi connectivity index (χ1v) is 7.01. The summed E-state index contributed by atoms with van der Waals surface area (Å²) in [5, 5.41) is 9.98. The third-order valence-electron chi connectivity index (χ3n) is 3.70. The van der Waals surface area contributed by atoms with Gasteiger partial charge in [-0.2, -0.15) is 4.89 Å². The van der Waals surface area contributed by atoms with Crippen LogP contribution >= 0.6 is 0 Å². The summed E-state index contributed by atoms with van der Waals surface area (Å²) in [6, 6.07) is 5.37. The van der Waals surface area contributed by atoms with Crippen LogP contribution in [0.5, 0.6) is 0 Å². The smallest absolute Gasteiger partial charge is 0.300 e. The van der Waals surface area contributed by atoms with E-state index in [2.05, 4.69) is 10.1 Å². The van der Waals surface area contributed by atoms with Crippen molar-refractivity contribution in [3.8, 4) is 0 Å². The second-order valence-corrected chi connectivity index (χ2v) is 5.24. The summed E-state index contributed by atoms with van der Waals surface area (Å²) in [5.41, 5.74) is -0.906. The molecule has 1 spiro atoms. The molecule has 0 N–H and O–H groups in total. The average Bonchev–Trinajstić information content (AvgIpc) is 2.91. The summed E-state index contributed by atoms with van der Waals surface area (Å²) in [7, 11) is 0. The molecule has 1 aliphatic heterocycles. The second kappa shape index (κ2) is 5.82. The number of rotatable bonds is 2. The lowest BCUT2D eigenvalue weighted by molar-refractivity contribution is -0.684. The second-order valence-electron chi connectivity index (χ2n) is 5.24. The number of carbonyl (C=O) groups is 2. The summed E-state index contributed by atoms with van der Waals surface area (Å²) in [6.07, 6.45) is 4.92. The maximum absolute atomic E-state index is 11.9. The number of hydrogen-bond donors (Lipinski definition) is 0. The summed E-state index contributed by atoms with van der Waals surface area (Å²) in [5.74, 6) is 0.00845. The number of aromatic nitrogens is 1. The first kappa shape index (κ1) is 14.6. The normalized spacial score (nSPS) is 21.9. The van der Waals surface area contributed by atoms with E-state index in [0.29, 0.717) is 25.7 Å². The van der Waals surface area contributed by atoms with Gasteiger partial charge >= 0.3 is 11.8 Å². The van der Waals surface area contributed by atoms with Crippen LogP contribution in [0.1, 0.15) is 32.6 Å². The maximum Gasteiger partial charge on any atom is 0.401 e. The lowest BCUT2D eigenvalue weighted by atomic mass is 9.84. The monoisotopic (exact) mass is 306 g/mol. The van der Waals surface area contributed by atoms with Crippen molar-refractivity contribution in [2.24, 2.45) is 5.10 Å². The number of hydrogen-bond acceptors (Lipinski definition) is 6. The Balaban J connectivity index is 1.91. The summed E-state index contributed by atoms with van der Waals surface area (Å²) >= 11 is 0. The van der Waals surface area contributed by atoms with Crippen LogP contribution < -0.4 is 9.79 Å². The molecule has 22 heavy (non-hydrogen) atoms. The Morgan fingerprint density at radius 2 is 1.95 bits per heavy atom. The van der Waals surface area contributed by atoms with Gasteiger partial charge in [0.1, 0.15) is 18.2 Å². The topological polar surface area (TPSA) is 81.3 Å². The summed E-state index contributed by atoms with van der Waals surface area (Å²) in [4.78, 5) is 33.5. The van der Waals surface area contributed by atoms with E-state index < -0.39 is 5.60 Å². The van der Waals surface area contributed by atoms with Crippen LogP contribution in [0.4, 0.5) is 0 Å². The van der Waals surface area contributed by atoms with E-state index >= 15 is 0 Å². The molecule has 1 saturated carbocycles. The van der Waals surface area contributed by atoms with Gasteiger partial charge in [0.2, 0.25) is 5.60 Å². The molecule has 1 amide bonds. The molecule has 2 aliphatic rings. The van der Waals surface area contributed by atoms with E-state index in [9.17, 15) is 9.59 Å². The fourth-order valence-electron chi connectivity index (χ4n) is 2.45. The lowest BCUT2D eigenvalue weighted by Crippen LogP contribution is -2.57. The maximum atomic E-state index is 11.9. The van der Waals surface area contributed by atoms with E-state index in [1.807, 2.05) is 6.07 Å². The van der Waals surface area contributed by atoms with E-state index in [0.717, 1.165) is 5.12 Å². The number of carbonyl (C=O) groups excluding carboxylic acids is 2. The Morgan fingerprint density at radius 3 is 2.59 bits per heavy atom. The Hall–Kier alpha value is -2.32. The van der Waals surface area contributed by atoms with Gasteiger partial charge in [-0.05, 0) is 30.0 Å². The number of hydrazone groups is 1. The highest BCUT2D eigenvalue weighted by Gasteiger charge is 2.54. The van der Waals surface area contributed by atoms with Crippen molar-refractivity contribution in [2.45, 2.75) is 38.2 Å². The Labute approximate surface area is 126 Å². The Morgan fingerprint density at radius 1 is 1.27 bits per heavy atom. The minimum Gasteiger partial charge on any atom is -0.300 e. The van der Waals surface area contributed by atoms with Gasteiger partial charge in [-0.25, -0.2) is 0 Å². The van der Waals surface area contributed by atoms with Crippen molar-refractivity contribution >= 4 is 17.6 Å². The van der Waals surface area contributed by atoms with Crippen molar-refractivity contribution in [3.63, 3.8) is 0 Å². The van der Waals surface area contributed by atoms with Gasteiger partial charge in [0.25, 0.3) is 0 Å². The van der Waals surface area contributed by atoms with Gasteiger partial charge in [-0.15, -0.1) is 4.68 Å². The first-order chi connectivity index (χ1) is 10.6. The Kier molecular flexibility index (Phi) is 3.86. The molecule has 0 atom stereocenters. The van der Waals surface area contributed by atoms with Gasteiger partial charge in [0.05, 0.1) is 5.10 Å². The number of ketones is 1. The fourth-order valence-corrected chi connectivity index (χ4v) is 2.45. The van der Waals surface area contributed by atoms with Crippen LogP contribution in [-0.2, 0) is 24.4 Å². The lowest BCUT2D eigenvalue weighted by Gasteiger charge is -2.24. The van der Waals surface area contributed by atoms with Crippen molar-refractivity contribution in [1.29, 1.82) is 0 Å². The molecule has 3 rings (SSSR count). The van der Waals surface area contributed by atoms with E-state index in [1.165, 1.54) is 11.6 Å². The van der Waals surface area contributed by atoms with Crippen LogP contribution in [0.25, 0.3) is 0 Å². The van der Waals surface area contributed by atoms with Gasteiger partial charge in [-0.1, -0.05) is 6.07 Å². The van der Waals surface area contributed by atoms with Crippen LogP contribution in [0, 0.1) is 0 Å². The summed E-state index contributed by atoms with van der Waals surface area (Å²) < 4.78 is 1.51. The zero-order valence-corrected chi connectivity index (χ0v) is 12.1. The standard InChI is InChI=1S/C14H16N3O5/c1-11(18)17(16-9-3-2-4-10-16)15-13-14(21-22-20-13)7-5-12(19)6-8-14/h2-4,9-10H,5-8H2,1H3/q+1. The van der Waals surface area contributed by atoms with E-state index in [-0.39, 0.29) is 17.6 Å². The zero-order valence-electron chi connectivity index (χ0n) is 12.1. The van der Waals surface area contributed by atoms with Gasteiger partial charge in [0.15, 0.2) is 0 Å². The third-order valence-corrected chi connectivity index (χ3v) is 3.70. The molecule has 0 unspecified atom stereocenters. The largest absolute Gasteiger partial charge is 0.401 e. The SMILES string of the molecule is CC(=O)N(N=C1OOOC12CCC(=O)CC2)[n+]1ccccc1. The van der Waals surface area contributed by atoms with Crippen LogP contribution in [-0.4, -0.2) is 23.2 Å². The molecule has 2 heterocycles. The van der Waals surface area contributed by atoms with Gasteiger partial charge < -0.3 is 0 Å². The van der Waals surface area contributed by atoms with Crippen molar-refractivity contribution < 1.29 is 29.1 Å². The van der Waals surface area contributed by atoms with Gasteiger partial charge in [-0.3, -0.25) is 14.5 Å². The van der Waals surface area contributed by atoms with Crippen molar-refractivity contribution in [3.05, 3.63) is 30.6 Å². The molecule has 8 heteroatoms. The molecule has 8 nitrogen and oxygen atoms in total. The molecule has 116 valence electrons. The van der Waals surface area contributed by atoms with Crippen LogP contribution in [0.15, 0.2) is 35.7 Å². The van der Waals surface area contributed by atoms with E-state index in [4.69, 9.17) is 9.78 Å². The molecule has 1 aliphatic carbocycles. The third kappa shape index (κ3) is 2.70. The molecule has 0 radical (unpaired) electrons. The minimum atomic E-state index is -0.906. The zero-order chi connectivity index (χ0) is 15.6. The molecule has 1 saturated heterocycles. The molecule has 2 fully saturated rings. The predicted octanol–water partition coefficient (Wildman–Crippen LogP) is 0.547. The molecule has 1 aromatic heterocycles. The molecule has 0 aromatic carbocycles. The number of pyridine rings is 1. The molecular formula is C14H16N3O5+. The predicted molar refractivity (Wildman–Crippen MR) is 72.4 cm³/mol. The van der Waals surface area contributed by atoms with Crippen molar-refractivity contribution in [1.82, 2.24) is 0 Å². The average molecular weight is 306 g/mol. The molecular weight excluding hydrogens is 290 g/mol. The number of amides is 1. The quantitative estimate of drug-likeness (QED) is 0.453. The fraction of sp³-hybridized carbons (Fsp3) is 0.429. The van der Waals surface area contributed by atoms with E-state index in [1.54, 1.807) is 24.5 Å². The highest BCUT2D eigenvalue weighted by atomic mass is 17.5. The molecule has 0 bridgehead atoms.